The third-order valence-electron chi connectivity index (χ3n) is 3.32. The molecular weight excluding hydrogens is 341 g/mol. The van der Waals surface area contributed by atoms with Crippen molar-refractivity contribution in [3.8, 4) is 28.4 Å². The topological polar surface area (TPSA) is 54.0 Å². The minimum Gasteiger partial charge on any atom is -0.497 e. The van der Waals surface area contributed by atoms with E-state index in [1.807, 2.05) is 0 Å². The Balaban J connectivity index is 2.67. The Morgan fingerprint density at radius 1 is 0.880 bits per heavy atom. The highest BCUT2D eigenvalue weighted by molar-refractivity contribution is 5.92. The summed E-state index contributed by atoms with van der Waals surface area (Å²) in [6.45, 7) is 0. The van der Waals surface area contributed by atoms with Crippen molar-refractivity contribution >= 4 is 5.97 Å². The van der Waals surface area contributed by atoms with Gasteiger partial charge in [0.15, 0.2) is 0 Å². The predicted octanol–water partition coefficient (Wildman–Crippen LogP) is 4.06. The first kappa shape index (κ1) is 18.4. The molecule has 0 heterocycles. The van der Waals surface area contributed by atoms with Crippen LogP contribution in [0.2, 0.25) is 0 Å². The summed E-state index contributed by atoms with van der Waals surface area (Å²) in [5, 5.41) is 0. The third kappa shape index (κ3) is 4.34. The number of esters is 1. The van der Waals surface area contributed by atoms with E-state index in [0.29, 0.717) is 5.75 Å². The van der Waals surface area contributed by atoms with Crippen molar-refractivity contribution in [3.63, 3.8) is 0 Å². The van der Waals surface area contributed by atoms with Crippen molar-refractivity contribution in [1.29, 1.82) is 0 Å². The van der Waals surface area contributed by atoms with E-state index in [-0.39, 0.29) is 22.4 Å². The zero-order chi connectivity index (χ0) is 18.6. The van der Waals surface area contributed by atoms with Crippen LogP contribution < -0.4 is 14.2 Å². The maximum absolute atomic E-state index is 12.7. The number of alkyl halides is 3. The van der Waals surface area contributed by atoms with Gasteiger partial charge in [-0.2, -0.15) is 0 Å². The zero-order valence-corrected chi connectivity index (χ0v) is 13.6. The lowest BCUT2D eigenvalue weighted by molar-refractivity contribution is -0.274. The van der Waals surface area contributed by atoms with Gasteiger partial charge in [0.25, 0.3) is 0 Å². The van der Waals surface area contributed by atoms with E-state index in [4.69, 9.17) is 9.47 Å². The largest absolute Gasteiger partial charge is 0.573 e. The van der Waals surface area contributed by atoms with Gasteiger partial charge in [0.2, 0.25) is 0 Å². The van der Waals surface area contributed by atoms with E-state index in [2.05, 4.69) is 9.47 Å². The number of ether oxygens (including phenoxy) is 4. The molecule has 5 nitrogen and oxygen atoms in total. The predicted molar refractivity (Wildman–Crippen MR) is 83.0 cm³/mol. The van der Waals surface area contributed by atoms with Gasteiger partial charge >= 0.3 is 12.3 Å². The molecule has 0 unspecified atom stereocenters. The van der Waals surface area contributed by atoms with Crippen molar-refractivity contribution in [2.45, 2.75) is 6.36 Å². The number of benzene rings is 2. The van der Waals surface area contributed by atoms with E-state index in [1.54, 1.807) is 0 Å². The zero-order valence-electron chi connectivity index (χ0n) is 13.6. The fraction of sp³-hybridized carbons (Fsp3) is 0.235. The minimum absolute atomic E-state index is 0.0549. The van der Waals surface area contributed by atoms with E-state index in [0.717, 1.165) is 6.07 Å². The van der Waals surface area contributed by atoms with Gasteiger partial charge in [-0.25, -0.2) is 4.79 Å². The Morgan fingerprint density at radius 2 is 1.52 bits per heavy atom. The van der Waals surface area contributed by atoms with Crippen molar-refractivity contribution < 1.29 is 36.9 Å². The second-order valence-electron chi connectivity index (χ2n) is 4.82. The lowest BCUT2D eigenvalue weighted by Crippen LogP contribution is -2.17. The highest BCUT2D eigenvalue weighted by Gasteiger charge is 2.32. The fourth-order valence-corrected chi connectivity index (χ4v) is 2.22. The molecule has 0 saturated carbocycles. The molecule has 0 atom stereocenters. The molecule has 0 aliphatic heterocycles. The number of methoxy groups -OCH3 is 3. The van der Waals surface area contributed by atoms with Gasteiger partial charge < -0.3 is 18.9 Å². The number of hydrogen-bond acceptors (Lipinski definition) is 5. The summed E-state index contributed by atoms with van der Waals surface area (Å²) < 4.78 is 57.1. The minimum atomic E-state index is -4.88. The number of carbonyl (C=O) groups excluding carboxylic acids is 1. The SMILES string of the molecule is COC(=O)c1ccc(OC)c(-c2cc(OC)ccc2OC(F)(F)F)c1. The van der Waals surface area contributed by atoms with Gasteiger partial charge in [-0.05, 0) is 36.4 Å². The van der Waals surface area contributed by atoms with Crippen molar-refractivity contribution in [3.05, 3.63) is 42.0 Å². The molecular formula is C17H15F3O5. The Morgan fingerprint density at radius 3 is 2.08 bits per heavy atom. The van der Waals surface area contributed by atoms with Gasteiger partial charge in [-0.3, -0.25) is 0 Å². The number of carbonyl (C=O) groups is 1. The first-order valence-electron chi connectivity index (χ1n) is 6.99. The summed E-state index contributed by atoms with van der Waals surface area (Å²) in [4.78, 5) is 11.7. The molecule has 134 valence electrons. The van der Waals surface area contributed by atoms with Gasteiger partial charge in [0.05, 0.1) is 26.9 Å². The molecule has 0 spiro atoms. The highest BCUT2D eigenvalue weighted by atomic mass is 19.4. The quantitative estimate of drug-likeness (QED) is 0.757. The third-order valence-corrected chi connectivity index (χ3v) is 3.32. The van der Waals surface area contributed by atoms with Crippen LogP contribution in [0.4, 0.5) is 13.2 Å². The molecule has 2 aromatic rings. The van der Waals surface area contributed by atoms with Crippen LogP contribution in [-0.4, -0.2) is 33.7 Å². The average molecular weight is 356 g/mol. The highest BCUT2D eigenvalue weighted by Crippen LogP contribution is 2.41. The van der Waals surface area contributed by atoms with E-state index < -0.39 is 18.1 Å². The Labute approximate surface area is 141 Å². The molecule has 0 bridgehead atoms. The smallest absolute Gasteiger partial charge is 0.497 e. The summed E-state index contributed by atoms with van der Waals surface area (Å²) >= 11 is 0. The van der Waals surface area contributed by atoms with E-state index in [1.165, 1.54) is 51.7 Å². The van der Waals surface area contributed by atoms with Crippen LogP contribution in [0.3, 0.4) is 0 Å². The summed E-state index contributed by atoms with van der Waals surface area (Å²) in [6.07, 6.45) is -4.88. The maximum Gasteiger partial charge on any atom is 0.573 e. The standard InChI is InChI=1S/C17H15F3O5/c1-22-11-5-7-15(25-17(18,19)20)13(9-11)12-8-10(16(21)24-3)4-6-14(12)23-2/h4-9H,1-3H3. The monoisotopic (exact) mass is 356 g/mol. The van der Waals surface area contributed by atoms with E-state index >= 15 is 0 Å². The first-order chi connectivity index (χ1) is 11.8. The molecule has 0 N–H and O–H groups in total. The second-order valence-corrected chi connectivity index (χ2v) is 4.82. The van der Waals surface area contributed by atoms with Crippen molar-refractivity contribution in [2.75, 3.05) is 21.3 Å². The lowest BCUT2D eigenvalue weighted by atomic mass is 10.0. The van der Waals surface area contributed by atoms with Crippen molar-refractivity contribution in [2.24, 2.45) is 0 Å². The van der Waals surface area contributed by atoms with Crippen molar-refractivity contribution in [1.82, 2.24) is 0 Å². The normalized spacial score (nSPS) is 11.0. The van der Waals surface area contributed by atoms with Crippen LogP contribution in [0.15, 0.2) is 36.4 Å². The molecule has 0 radical (unpaired) electrons. The molecule has 0 aromatic heterocycles. The molecule has 2 rings (SSSR count). The summed E-state index contributed by atoms with van der Waals surface area (Å²) in [5.41, 5.74) is 0.432. The number of halogens is 3. The van der Waals surface area contributed by atoms with Crippen LogP contribution in [-0.2, 0) is 4.74 Å². The molecule has 0 amide bonds. The van der Waals surface area contributed by atoms with Gasteiger partial charge in [0, 0.05) is 11.1 Å². The van der Waals surface area contributed by atoms with Gasteiger partial charge in [-0.15, -0.1) is 13.2 Å². The number of hydrogen-bond donors (Lipinski definition) is 0. The van der Waals surface area contributed by atoms with Crippen LogP contribution in [0.25, 0.3) is 11.1 Å². The molecule has 0 fully saturated rings. The van der Waals surface area contributed by atoms with Gasteiger partial charge in [-0.1, -0.05) is 0 Å². The van der Waals surface area contributed by atoms with E-state index in [9.17, 15) is 18.0 Å². The molecule has 0 saturated heterocycles. The summed E-state index contributed by atoms with van der Waals surface area (Å²) in [5.74, 6) is -0.512. The molecule has 0 aliphatic carbocycles. The Bertz CT molecular complexity index is 771. The fourth-order valence-electron chi connectivity index (χ4n) is 2.22. The molecule has 0 aliphatic rings. The Hall–Kier alpha value is -2.90. The molecule has 2 aromatic carbocycles. The molecule has 8 heteroatoms. The summed E-state index contributed by atoms with van der Waals surface area (Å²) in [7, 11) is 3.95. The summed E-state index contributed by atoms with van der Waals surface area (Å²) in [6, 6.07) is 8.09. The molecule has 25 heavy (non-hydrogen) atoms. The van der Waals surface area contributed by atoms with Crippen LogP contribution >= 0.6 is 0 Å². The van der Waals surface area contributed by atoms with Crippen LogP contribution in [0, 0.1) is 0 Å². The lowest BCUT2D eigenvalue weighted by Gasteiger charge is -2.17. The van der Waals surface area contributed by atoms with Crippen LogP contribution in [0.5, 0.6) is 17.2 Å². The maximum atomic E-state index is 12.7. The Kier molecular flexibility index (Phi) is 5.41. The average Bonchev–Trinajstić information content (AvgIpc) is 2.59. The first-order valence-corrected chi connectivity index (χ1v) is 6.99. The second kappa shape index (κ2) is 7.33. The number of rotatable bonds is 5. The van der Waals surface area contributed by atoms with Gasteiger partial charge in [0.1, 0.15) is 17.2 Å². The van der Waals surface area contributed by atoms with Crippen LogP contribution in [0.1, 0.15) is 10.4 Å².